The third-order valence-electron chi connectivity index (χ3n) is 4.27. The van der Waals surface area contributed by atoms with Crippen LogP contribution in [0.25, 0.3) is 0 Å². The standard InChI is InChI=1S/C20H21BrFNO5S/c1-4-23(5-2)29(26,27)18-12-15(8-11-17(18)22)20(25)28-13(3)19(24)14-6-9-16(21)10-7-14/h6-13H,4-5H2,1-3H3. The summed E-state index contributed by atoms with van der Waals surface area (Å²) in [5.41, 5.74) is 0.199. The molecule has 0 aromatic heterocycles. The minimum absolute atomic E-state index is 0.158. The fourth-order valence-corrected chi connectivity index (χ4v) is 4.47. The van der Waals surface area contributed by atoms with Crippen LogP contribution >= 0.6 is 15.9 Å². The van der Waals surface area contributed by atoms with Crippen molar-refractivity contribution in [1.29, 1.82) is 0 Å². The Hall–Kier alpha value is -2.10. The van der Waals surface area contributed by atoms with Gasteiger partial charge in [-0.15, -0.1) is 0 Å². The molecule has 2 aromatic rings. The van der Waals surface area contributed by atoms with Crippen molar-refractivity contribution in [1.82, 2.24) is 4.31 Å². The third kappa shape index (κ3) is 5.29. The van der Waals surface area contributed by atoms with Crippen molar-refractivity contribution in [2.45, 2.75) is 31.8 Å². The van der Waals surface area contributed by atoms with Gasteiger partial charge in [0.05, 0.1) is 5.56 Å². The van der Waals surface area contributed by atoms with Gasteiger partial charge >= 0.3 is 5.97 Å². The zero-order chi connectivity index (χ0) is 21.8. The second-order valence-electron chi connectivity index (χ2n) is 6.15. The van der Waals surface area contributed by atoms with Gasteiger partial charge in [-0.25, -0.2) is 17.6 Å². The molecule has 9 heteroatoms. The number of halogens is 2. The molecule has 1 atom stereocenters. The molecule has 1 unspecified atom stereocenters. The van der Waals surface area contributed by atoms with E-state index in [2.05, 4.69) is 15.9 Å². The molecule has 2 rings (SSSR count). The average molecular weight is 486 g/mol. The molecule has 0 aliphatic rings. The van der Waals surface area contributed by atoms with Crippen LogP contribution in [0.3, 0.4) is 0 Å². The summed E-state index contributed by atoms with van der Waals surface area (Å²) in [5.74, 6) is -2.30. The number of ether oxygens (including phenoxy) is 1. The molecule has 6 nitrogen and oxygen atoms in total. The second kappa shape index (κ2) is 9.60. The molecular weight excluding hydrogens is 465 g/mol. The zero-order valence-corrected chi connectivity index (χ0v) is 18.6. The number of ketones is 1. The van der Waals surface area contributed by atoms with E-state index in [1.807, 2.05) is 0 Å². The highest BCUT2D eigenvalue weighted by Gasteiger charge is 2.27. The highest BCUT2D eigenvalue weighted by atomic mass is 79.9. The maximum atomic E-state index is 14.2. The van der Waals surface area contributed by atoms with E-state index in [0.717, 1.165) is 27.0 Å². The Morgan fingerprint density at radius 3 is 2.17 bits per heavy atom. The van der Waals surface area contributed by atoms with Crippen molar-refractivity contribution in [3.8, 4) is 0 Å². The molecule has 0 bridgehead atoms. The number of carbonyl (C=O) groups excluding carboxylic acids is 2. The number of hydrogen-bond acceptors (Lipinski definition) is 5. The van der Waals surface area contributed by atoms with E-state index >= 15 is 0 Å². The average Bonchev–Trinajstić information content (AvgIpc) is 2.68. The van der Waals surface area contributed by atoms with E-state index in [-0.39, 0.29) is 18.7 Å². The van der Waals surface area contributed by atoms with E-state index in [9.17, 15) is 22.4 Å². The van der Waals surface area contributed by atoms with Crippen LogP contribution in [0.4, 0.5) is 4.39 Å². The molecule has 0 saturated carbocycles. The molecule has 0 fully saturated rings. The van der Waals surface area contributed by atoms with Gasteiger partial charge in [-0.05, 0) is 37.3 Å². The number of rotatable bonds is 8. The minimum atomic E-state index is -4.10. The van der Waals surface area contributed by atoms with Gasteiger partial charge in [-0.1, -0.05) is 41.9 Å². The maximum absolute atomic E-state index is 14.2. The van der Waals surface area contributed by atoms with Crippen molar-refractivity contribution in [2.24, 2.45) is 0 Å². The van der Waals surface area contributed by atoms with E-state index in [1.54, 1.807) is 38.1 Å². The Balaban J connectivity index is 2.25. The first-order valence-electron chi connectivity index (χ1n) is 8.92. The molecule has 0 heterocycles. The highest BCUT2D eigenvalue weighted by Crippen LogP contribution is 2.22. The van der Waals surface area contributed by atoms with Crippen LogP contribution in [0.2, 0.25) is 0 Å². The Morgan fingerprint density at radius 1 is 1.07 bits per heavy atom. The quantitative estimate of drug-likeness (QED) is 0.416. The largest absolute Gasteiger partial charge is 0.451 e. The van der Waals surface area contributed by atoms with Crippen LogP contribution in [-0.2, 0) is 14.8 Å². The number of nitrogens with zero attached hydrogens (tertiary/aromatic N) is 1. The lowest BCUT2D eigenvalue weighted by molar-refractivity contribution is 0.0318. The van der Waals surface area contributed by atoms with Crippen LogP contribution in [0, 0.1) is 5.82 Å². The van der Waals surface area contributed by atoms with Gasteiger partial charge < -0.3 is 4.74 Å². The van der Waals surface area contributed by atoms with Crippen molar-refractivity contribution < 1.29 is 27.1 Å². The number of hydrogen-bond donors (Lipinski definition) is 0. The summed E-state index contributed by atoms with van der Waals surface area (Å²) in [4.78, 5) is 24.2. The lowest BCUT2D eigenvalue weighted by atomic mass is 10.1. The molecule has 29 heavy (non-hydrogen) atoms. The van der Waals surface area contributed by atoms with Crippen LogP contribution in [0.5, 0.6) is 0 Å². The Bertz CT molecular complexity index is 1000. The molecule has 0 aliphatic heterocycles. The fraction of sp³-hybridized carbons (Fsp3) is 0.300. The Morgan fingerprint density at radius 2 is 1.62 bits per heavy atom. The molecule has 0 amide bonds. The normalized spacial score (nSPS) is 12.6. The topological polar surface area (TPSA) is 80.8 Å². The van der Waals surface area contributed by atoms with Gasteiger partial charge in [-0.3, -0.25) is 4.79 Å². The van der Waals surface area contributed by atoms with Crippen molar-refractivity contribution in [3.05, 3.63) is 63.9 Å². The summed E-state index contributed by atoms with van der Waals surface area (Å²) >= 11 is 3.27. The SMILES string of the molecule is CCN(CC)S(=O)(=O)c1cc(C(=O)OC(C)C(=O)c2ccc(Br)cc2)ccc1F. The molecule has 0 aliphatic carbocycles. The molecule has 156 valence electrons. The number of esters is 1. The van der Waals surface area contributed by atoms with Gasteiger partial charge in [0.1, 0.15) is 10.7 Å². The first-order chi connectivity index (χ1) is 13.6. The lowest BCUT2D eigenvalue weighted by Crippen LogP contribution is -2.31. The van der Waals surface area contributed by atoms with Crippen molar-refractivity contribution in [3.63, 3.8) is 0 Å². The monoisotopic (exact) mass is 485 g/mol. The van der Waals surface area contributed by atoms with Gasteiger partial charge in [0.2, 0.25) is 15.8 Å². The van der Waals surface area contributed by atoms with Crippen LogP contribution in [0.1, 0.15) is 41.5 Å². The van der Waals surface area contributed by atoms with Crippen LogP contribution in [0.15, 0.2) is 51.8 Å². The Labute approximate surface area is 177 Å². The molecule has 0 spiro atoms. The predicted molar refractivity (Wildman–Crippen MR) is 110 cm³/mol. The molecule has 0 N–H and O–H groups in total. The summed E-state index contributed by atoms with van der Waals surface area (Å²) in [5, 5.41) is 0. The summed E-state index contributed by atoms with van der Waals surface area (Å²) in [6.45, 7) is 5.00. The molecule has 2 aromatic carbocycles. The number of sulfonamides is 1. The van der Waals surface area contributed by atoms with Crippen LogP contribution < -0.4 is 0 Å². The molecular formula is C20H21BrFNO5S. The fourth-order valence-electron chi connectivity index (χ4n) is 2.66. The van der Waals surface area contributed by atoms with Crippen LogP contribution in [-0.4, -0.2) is 43.7 Å². The van der Waals surface area contributed by atoms with E-state index in [1.165, 1.54) is 6.92 Å². The lowest BCUT2D eigenvalue weighted by Gasteiger charge is -2.19. The number of Topliss-reactive ketones (excluding diaryl/α,β-unsaturated/α-hetero) is 1. The first-order valence-corrected chi connectivity index (χ1v) is 11.2. The Kier molecular flexibility index (Phi) is 7.67. The van der Waals surface area contributed by atoms with Crippen molar-refractivity contribution >= 4 is 37.7 Å². The second-order valence-corrected chi connectivity index (χ2v) is 8.98. The zero-order valence-electron chi connectivity index (χ0n) is 16.2. The van der Waals surface area contributed by atoms with Gasteiger partial charge in [-0.2, -0.15) is 4.31 Å². The number of carbonyl (C=O) groups is 2. The molecule has 0 radical (unpaired) electrons. The summed E-state index contributed by atoms with van der Waals surface area (Å²) in [7, 11) is -4.10. The predicted octanol–water partition coefficient (Wildman–Crippen LogP) is 4.05. The smallest absolute Gasteiger partial charge is 0.338 e. The van der Waals surface area contributed by atoms with Gasteiger partial charge in [0.25, 0.3) is 0 Å². The molecule has 0 saturated heterocycles. The number of benzene rings is 2. The van der Waals surface area contributed by atoms with Gasteiger partial charge in [0, 0.05) is 23.1 Å². The van der Waals surface area contributed by atoms with E-state index in [0.29, 0.717) is 5.56 Å². The van der Waals surface area contributed by atoms with E-state index < -0.39 is 38.6 Å². The van der Waals surface area contributed by atoms with E-state index in [4.69, 9.17) is 4.74 Å². The summed E-state index contributed by atoms with van der Waals surface area (Å²) in [6, 6.07) is 9.50. The summed E-state index contributed by atoms with van der Waals surface area (Å²) in [6.07, 6.45) is -1.10. The van der Waals surface area contributed by atoms with Crippen molar-refractivity contribution in [2.75, 3.05) is 13.1 Å². The minimum Gasteiger partial charge on any atom is -0.451 e. The highest BCUT2D eigenvalue weighted by molar-refractivity contribution is 9.10. The summed E-state index contributed by atoms with van der Waals surface area (Å²) < 4.78 is 46.5. The maximum Gasteiger partial charge on any atom is 0.338 e. The first kappa shape index (κ1) is 23.2. The van der Waals surface area contributed by atoms with Gasteiger partial charge in [0.15, 0.2) is 6.10 Å². The third-order valence-corrected chi connectivity index (χ3v) is 6.87.